The summed E-state index contributed by atoms with van der Waals surface area (Å²) in [7, 11) is 0. The number of carbonyl (C=O) groups excluding carboxylic acids is 2. The Morgan fingerprint density at radius 1 is 1.16 bits per heavy atom. The van der Waals surface area contributed by atoms with Gasteiger partial charge in [0, 0.05) is 39.3 Å². The molecule has 10 heteroatoms. The Hall–Kier alpha value is -2.32. The number of hydrazone groups is 1. The molecule has 1 atom stereocenters. The molecule has 2 amide bonds. The van der Waals surface area contributed by atoms with Crippen LogP contribution in [0.25, 0.3) is 0 Å². The van der Waals surface area contributed by atoms with Crippen molar-refractivity contribution >= 4 is 52.8 Å². The second kappa shape index (κ2) is 11.3. The Morgan fingerprint density at radius 3 is 2.65 bits per heavy atom. The van der Waals surface area contributed by atoms with E-state index >= 15 is 0 Å². The van der Waals surface area contributed by atoms with Gasteiger partial charge < -0.3 is 14.8 Å². The molecule has 1 saturated heterocycles. The first-order valence-corrected chi connectivity index (χ1v) is 10.7. The van der Waals surface area contributed by atoms with Crippen LogP contribution in [0.1, 0.15) is 24.0 Å². The van der Waals surface area contributed by atoms with Crippen LogP contribution in [-0.4, -0.2) is 37.3 Å². The Balaban J connectivity index is 1.58. The molecule has 1 aliphatic rings. The smallest absolute Gasteiger partial charge is 0.329 e. The van der Waals surface area contributed by atoms with E-state index < -0.39 is 11.8 Å². The third kappa shape index (κ3) is 6.83. The Morgan fingerprint density at radius 2 is 1.94 bits per heavy atom. The van der Waals surface area contributed by atoms with E-state index in [4.69, 9.17) is 44.3 Å². The highest BCUT2D eigenvalue weighted by molar-refractivity contribution is 6.36. The standard InChI is InChI=1S/C21H20Cl3N3O4/c22-14-6-7-19(31-12-16-17(23)4-1-5-18(16)24)13(9-14)10-26-27-21(29)20(28)25-11-15-3-2-8-30-15/h1,4-7,9-10,15H,2-3,8,11-12H2,(H,25,28)(H,27,29)/b26-10-/t15-/m0/s1. The molecule has 0 aromatic heterocycles. The minimum Gasteiger partial charge on any atom is -0.488 e. The van der Waals surface area contributed by atoms with Crippen molar-refractivity contribution < 1.29 is 19.1 Å². The highest BCUT2D eigenvalue weighted by atomic mass is 35.5. The van der Waals surface area contributed by atoms with Gasteiger partial charge in [-0.2, -0.15) is 5.10 Å². The average Bonchev–Trinajstić information content (AvgIpc) is 3.26. The topological polar surface area (TPSA) is 89.0 Å². The zero-order valence-electron chi connectivity index (χ0n) is 16.4. The fraction of sp³-hybridized carbons (Fsp3) is 0.286. The molecule has 1 heterocycles. The molecule has 31 heavy (non-hydrogen) atoms. The predicted octanol–water partition coefficient (Wildman–Crippen LogP) is 3.97. The summed E-state index contributed by atoms with van der Waals surface area (Å²) >= 11 is 18.4. The number of amides is 2. The predicted molar refractivity (Wildman–Crippen MR) is 120 cm³/mol. The van der Waals surface area contributed by atoms with Crippen LogP contribution in [0.4, 0.5) is 0 Å². The number of rotatable bonds is 7. The highest BCUT2D eigenvalue weighted by Gasteiger charge is 2.19. The van der Waals surface area contributed by atoms with E-state index in [0.717, 1.165) is 12.8 Å². The van der Waals surface area contributed by atoms with Gasteiger partial charge in [-0.05, 0) is 43.2 Å². The van der Waals surface area contributed by atoms with E-state index in [1.165, 1.54) is 6.21 Å². The lowest BCUT2D eigenvalue weighted by atomic mass is 10.2. The van der Waals surface area contributed by atoms with Crippen molar-refractivity contribution in [3.05, 3.63) is 62.6 Å². The number of hydrogen-bond donors (Lipinski definition) is 2. The fourth-order valence-corrected chi connectivity index (χ4v) is 3.56. The first kappa shape index (κ1) is 23.3. The van der Waals surface area contributed by atoms with Crippen molar-refractivity contribution in [2.75, 3.05) is 13.2 Å². The van der Waals surface area contributed by atoms with E-state index in [-0.39, 0.29) is 19.3 Å². The number of nitrogens with zero attached hydrogens (tertiary/aromatic N) is 1. The van der Waals surface area contributed by atoms with E-state index in [1.807, 2.05) is 0 Å². The summed E-state index contributed by atoms with van der Waals surface area (Å²) in [4.78, 5) is 23.8. The summed E-state index contributed by atoms with van der Waals surface area (Å²) in [6.45, 7) is 1.08. The van der Waals surface area contributed by atoms with Crippen LogP contribution in [0.15, 0.2) is 41.5 Å². The lowest BCUT2D eigenvalue weighted by Gasteiger charge is -2.12. The molecule has 7 nitrogen and oxygen atoms in total. The van der Waals surface area contributed by atoms with Gasteiger partial charge in [-0.25, -0.2) is 5.43 Å². The zero-order chi connectivity index (χ0) is 22.2. The molecular weight excluding hydrogens is 465 g/mol. The Labute approximate surface area is 194 Å². The van der Waals surface area contributed by atoms with Crippen molar-refractivity contribution in [3.63, 3.8) is 0 Å². The third-order valence-corrected chi connectivity index (χ3v) is 5.44. The number of halogens is 3. The lowest BCUT2D eigenvalue weighted by molar-refractivity contribution is -0.139. The lowest BCUT2D eigenvalue weighted by Crippen LogP contribution is -2.41. The molecule has 2 N–H and O–H groups in total. The van der Waals surface area contributed by atoms with Crippen LogP contribution in [-0.2, 0) is 20.9 Å². The van der Waals surface area contributed by atoms with Crippen molar-refractivity contribution in [3.8, 4) is 5.75 Å². The molecule has 0 saturated carbocycles. The second-order valence-electron chi connectivity index (χ2n) is 6.72. The number of ether oxygens (including phenoxy) is 2. The molecule has 0 radical (unpaired) electrons. The van der Waals surface area contributed by atoms with Gasteiger partial charge in [0.15, 0.2) is 0 Å². The maximum Gasteiger partial charge on any atom is 0.329 e. The maximum absolute atomic E-state index is 11.9. The number of carbonyl (C=O) groups is 2. The Kier molecular flexibility index (Phi) is 8.54. The third-order valence-electron chi connectivity index (χ3n) is 4.50. The first-order chi connectivity index (χ1) is 14.9. The van der Waals surface area contributed by atoms with Gasteiger partial charge in [-0.3, -0.25) is 9.59 Å². The van der Waals surface area contributed by atoms with Gasteiger partial charge in [-0.15, -0.1) is 0 Å². The highest BCUT2D eigenvalue weighted by Crippen LogP contribution is 2.27. The van der Waals surface area contributed by atoms with Gasteiger partial charge in [0.05, 0.1) is 12.3 Å². The first-order valence-electron chi connectivity index (χ1n) is 9.52. The van der Waals surface area contributed by atoms with Gasteiger partial charge in [-0.1, -0.05) is 40.9 Å². The van der Waals surface area contributed by atoms with Crippen molar-refractivity contribution in [1.29, 1.82) is 0 Å². The van der Waals surface area contributed by atoms with Gasteiger partial charge in [0.1, 0.15) is 12.4 Å². The fourth-order valence-electron chi connectivity index (χ4n) is 2.88. The SMILES string of the molecule is O=C(NC[C@@H]1CCCO1)C(=O)N/N=C\c1cc(Cl)ccc1OCc1c(Cl)cccc1Cl. The normalized spacial score (nSPS) is 15.8. The average molecular weight is 485 g/mol. The van der Waals surface area contributed by atoms with E-state index in [0.29, 0.717) is 38.6 Å². The second-order valence-corrected chi connectivity index (χ2v) is 7.97. The van der Waals surface area contributed by atoms with Crippen molar-refractivity contribution in [2.24, 2.45) is 5.10 Å². The molecule has 2 aromatic carbocycles. The molecule has 1 fully saturated rings. The van der Waals surface area contributed by atoms with Crippen LogP contribution in [0.3, 0.4) is 0 Å². The molecular formula is C21H20Cl3N3O4. The van der Waals surface area contributed by atoms with Gasteiger partial charge in [0.25, 0.3) is 0 Å². The molecule has 0 bridgehead atoms. The number of benzene rings is 2. The largest absolute Gasteiger partial charge is 0.488 e. The van der Waals surface area contributed by atoms with Crippen molar-refractivity contribution in [2.45, 2.75) is 25.6 Å². The molecule has 0 aliphatic carbocycles. The quantitative estimate of drug-likeness (QED) is 0.353. The van der Waals surface area contributed by atoms with Gasteiger partial charge >= 0.3 is 11.8 Å². The van der Waals surface area contributed by atoms with Crippen LogP contribution in [0.5, 0.6) is 5.75 Å². The van der Waals surface area contributed by atoms with Crippen LogP contribution in [0.2, 0.25) is 15.1 Å². The summed E-state index contributed by atoms with van der Waals surface area (Å²) in [5.41, 5.74) is 3.32. The van der Waals surface area contributed by atoms with Crippen LogP contribution >= 0.6 is 34.8 Å². The van der Waals surface area contributed by atoms with Crippen LogP contribution in [0, 0.1) is 0 Å². The summed E-state index contributed by atoms with van der Waals surface area (Å²) in [5, 5.41) is 7.77. The molecule has 3 rings (SSSR count). The monoisotopic (exact) mass is 483 g/mol. The summed E-state index contributed by atoms with van der Waals surface area (Å²) < 4.78 is 11.2. The van der Waals surface area contributed by atoms with E-state index in [2.05, 4.69) is 15.8 Å². The number of nitrogens with one attached hydrogen (secondary N) is 2. The molecule has 1 aliphatic heterocycles. The number of hydrogen-bond acceptors (Lipinski definition) is 5. The minimum absolute atomic E-state index is 0.0574. The van der Waals surface area contributed by atoms with E-state index in [1.54, 1.807) is 36.4 Å². The molecule has 2 aromatic rings. The molecule has 0 unspecified atom stereocenters. The maximum atomic E-state index is 11.9. The van der Waals surface area contributed by atoms with Gasteiger partial charge in [0.2, 0.25) is 0 Å². The summed E-state index contributed by atoms with van der Waals surface area (Å²) in [5.74, 6) is -1.23. The van der Waals surface area contributed by atoms with Crippen molar-refractivity contribution in [1.82, 2.24) is 10.7 Å². The molecule has 0 spiro atoms. The minimum atomic E-state index is -0.887. The molecule has 164 valence electrons. The van der Waals surface area contributed by atoms with E-state index in [9.17, 15) is 9.59 Å². The Bertz CT molecular complexity index is 958. The van der Waals surface area contributed by atoms with Crippen LogP contribution < -0.4 is 15.5 Å². The summed E-state index contributed by atoms with van der Waals surface area (Å²) in [6, 6.07) is 10.1. The zero-order valence-corrected chi connectivity index (χ0v) is 18.6. The summed E-state index contributed by atoms with van der Waals surface area (Å²) in [6.07, 6.45) is 3.08.